The molecule has 33 heavy (non-hydrogen) atoms. The van der Waals surface area contributed by atoms with E-state index < -0.39 is 10.0 Å². The highest BCUT2D eigenvalue weighted by Crippen LogP contribution is 2.29. The van der Waals surface area contributed by atoms with Gasteiger partial charge in [0.25, 0.3) is 15.9 Å². The van der Waals surface area contributed by atoms with E-state index in [-0.39, 0.29) is 4.90 Å². The van der Waals surface area contributed by atoms with E-state index in [0.29, 0.717) is 33.6 Å². The van der Waals surface area contributed by atoms with Gasteiger partial charge in [-0.25, -0.2) is 13.4 Å². The van der Waals surface area contributed by atoms with Crippen molar-refractivity contribution in [2.75, 3.05) is 4.72 Å². The van der Waals surface area contributed by atoms with Crippen LogP contribution in [0.4, 0.5) is 5.69 Å². The van der Waals surface area contributed by atoms with E-state index in [1.54, 1.807) is 43.3 Å². The Balaban J connectivity index is 1.43. The minimum absolute atomic E-state index is 0.164. The van der Waals surface area contributed by atoms with Gasteiger partial charge in [-0.05, 0) is 74.0 Å². The zero-order valence-corrected chi connectivity index (χ0v) is 19.2. The molecule has 2 aromatic heterocycles. The summed E-state index contributed by atoms with van der Waals surface area (Å²) in [6, 6.07) is 18.8. The maximum atomic E-state index is 12.8. The number of nitrogens with one attached hydrogen (secondary N) is 1. The van der Waals surface area contributed by atoms with Gasteiger partial charge in [-0.15, -0.1) is 10.2 Å². The molecule has 3 aromatic carbocycles. The molecular formula is C23H18ClN5O3S. The van der Waals surface area contributed by atoms with Crippen molar-refractivity contribution in [1.82, 2.24) is 19.6 Å². The number of fused-ring (bicyclic) bond motifs is 3. The second kappa shape index (κ2) is 8.02. The Labute approximate surface area is 194 Å². The van der Waals surface area contributed by atoms with Gasteiger partial charge >= 0.3 is 0 Å². The van der Waals surface area contributed by atoms with Crippen LogP contribution in [0, 0.1) is 13.8 Å². The molecule has 166 valence electrons. The van der Waals surface area contributed by atoms with Crippen LogP contribution in [-0.2, 0) is 10.0 Å². The highest BCUT2D eigenvalue weighted by Gasteiger charge is 2.18. The zero-order valence-electron chi connectivity index (χ0n) is 17.7. The minimum Gasteiger partial charge on any atom is -0.436 e. The van der Waals surface area contributed by atoms with Crippen LogP contribution in [0.2, 0.25) is 5.02 Å². The molecule has 8 nitrogen and oxygen atoms in total. The first-order valence-corrected chi connectivity index (χ1v) is 11.9. The molecule has 10 heteroatoms. The Hall–Kier alpha value is -3.69. The number of ether oxygens (including phenoxy) is 1. The molecule has 0 unspecified atom stereocenters. The highest BCUT2D eigenvalue weighted by molar-refractivity contribution is 7.92. The molecule has 0 saturated carbocycles. The lowest BCUT2D eigenvalue weighted by Crippen LogP contribution is -2.14. The second-order valence-electron chi connectivity index (χ2n) is 7.45. The molecule has 0 atom stereocenters. The first-order chi connectivity index (χ1) is 15.8. The van der Waals surface area contributed by atoms with E-state index in [0.717, 1.165) is 16.9 Å². The molecule has 0 spiro atoms. The summed E-state index contributed by atoms with van der Waals surface area (Å²) in [7, 11) is -3.77. The molecule has 0 radical (unpaired) electrons. The molecule has 0 saturated heterocycles. The summed E-state index contributed by atoms with van der Waals surface area (Å²) >= 11 is 5.94. The third-order valence-electron chi connectivity index (χ3n) is 5.11. The van der Waals surface area contributed by atoms with Crippen LogP contribution < -0.4 is 9.46 Å². The molecule has 0 fully saturated rings. The number of benzene rings is 3. The fraction of sp³-hybridized carbons (Fsp3) is 0.0870. The number of hydrogen-bond donors (Lipinski definition) is 1. The summed E-state index contributed by atoms with van der Waals surface area (Å²) in [5, 5.41) is 8.83. The normalized spacial score (nSPS) is 11.7. The van der Waals surface area contributed by atoms with Gasteiger partial charge in [-0.1, -0.05) is 23.7 Å². The molecule has 0 aliphatic heterocycles. The Bertz CT molecular complexity index is 1620. The summed E-state index contributed by atoms with van der Waals surface area (Å²) in [6.07, 6.45) is 0. The lowest BCUT2D eigenvalue weighted by molar-refractivity contribution is 0.467. The lowest BCUT2D eigenvalue weighted by atomic mass is 10.2. The Morgan fingerprint density at radius 2 is 1.73 bits per heavy atom. The number of sulfonamides is 1. The standard InChI is InChI=1S/C23H18ClN5O3S/c1-14-13-16(24)7-12-21(14)33(30,31)28-17-8-10-18(11-9-17)32-23-22-27-26-15(2)29(22)20-6-4-3-5-19(20)25-23/h3-13,28H,1-2H3. The van der Waals surface area contributed by atoms with Crippen LogP contribution in [0.3, 0.4) is 0 Å². The monoisotopic (exact) mass is 479 g/mol. The molecule has 0 aliphatic rings. The summed E-state index contributed by atoms with van der Waals surface area (Å²) < 4.78 is 36.0. The van der Waals surface area contributed by atoms with Gasteiger partial charge in [0.05, 0.1) is 15.9 Å². The fourth-order valence-electron chi connectivity index (χ4n) is 3.59. The quantitative estimate of drug-likeness (QED) is 0.374. The molecule has 0 amide bonds. The number of halogens is 1. The lowest BCUT2D eigenvalue weighted by Gasteiger charge is -2.12. The van der Waals surface area contributed by atoms with Gasteiger partial charge in [0.15, 0.2) is 0 Å². The van der Waals surface area contributed by atoms with Crippen LogP contribution in [0.25, 0.3) is 16.7 Å². The van der Waals surface area contributed by atoms with Crippen molar-refractivity contribution in [1.29, 1.82) is 0 Å². The molecule has 1 N–H and O–H groups in total. The predicted octanol–water partition coefficient (Wildman–Crippen LogP) is 5.14. The van der Waals surface area contributed by atoms with Crippen LogP contribution in [-0.4, -0.2) is 28.0 Å². The number of hydrogen-bond acceptors (Lipinski definition) is 6. The van der Waals surface area contributed by atoms with Gasteiger partial charge in [-0.3, -0.25) is 9.12 Å². The van der Waals surface area contributed by atoms with E-state index in [1.165, 1.54) is 6.07 Å². The minimum atomic E-state index is -3.77. The van der Waals surface area contributed by atoms with E-state index in [2.05, 4.69) is 19.9 Å². The van der Waals surface area contributed by atoms with Crippen molar-refractivity contribution in [2.24, 2.45) is 0 Å². The number of rotatable bonds is 5. The number of aryl methyl sites for hydroxylation is 2. The van der Waals surface area contributed by atoms with Crippen LogP contribution in [0.15, 0.2) is 71.6 Å². The van der Waals surface area contributed by atoms with Gasteiger partial charge in [0, 0.05) is 10.7 Å². The number of anilines is 1. The van der Waals surface area contributed by atoms with Crippen LogP contribution in [0.1, 0.15) is 11.4 Å². The van der Waals surface area contributed by atoms with Crippen LogP contribution >= 0.6 is 11.6 Å². The number of aromatic nitrogens is 4. The number of nitrogens with zero attached hydrogens (tertiary/aromatic N) is 4. The first kappa shape index (κ1) is 21.2. The largest absolute Gasteiger partial charge is 0.436 e. The van der Waals surface area contributed by atoms with Gasteiger partial charge < -0.3 is 4.74 Å². The third-order valence-corrected chi connectivity index (χ3v) is 6.88. The average molecular weight is 480 g/mol. The summed E-state index contributed by atoms with van der Waals surface area (Å²) in [4.78, 5) is 4.75. The molecule has 0 bridgehead atoms. The number of para-hydroxylation sites is 2. The van der Waals surface area contributed by atoms with Gasteiger partial charge in [0.1, 0.15) is 11.6 Å². The molecule has 5 rings (SSSR count). The highest BCUT2D eigenvalue weighted by atomic mass is 35.5. The van der Waals surface area contributed by atoms with E-state index in [9.17, 15) is 8.42 Å². The average Bonchev–Trinajstić information content (AvgIpc) is 3.17. The Morgan fingerprint density at radius 3 is 2.48 bits per heavy atom. The molecular weight excluding hydrogens is 462 g/mol. The second-order valence-corrected chi connectivity index (χ2v) is 9.54. The zero-order chi connectivity index (χ0) is 23.2. The van der Waals surface area contributed by atoms with Crippen molar-refractivity contribution < 1.29 is 13.2 Å². The van der Waals surface area contributed by atoms with E-state index >= 15 is 0 Å². The maximum Gasteiger partial charge on any atom is 0.266 e. The van der Waals surface area contributed by atoms with Crippen molar-refractivity contribution in [3.63, 3.8) is 0 Å². The Kier molecular flexibility index (Phi) is 5.15. The summed E-state index contributed by atoms with van der Waals surface area (Å²) in [5.74, 6) is 1.50. The smallest absolute Gasteiger partial charge is 0.266 e. The fourth-order valence-corrected chi connectivity index (χ4v) is 5.11. The van der Waals surface area contributed by atoms with E-state index in [4.69, 9.17) is 16.3 Å². The van der Waals surface area contributed by atoms with Crippen LogP contribution in [0.5, 0.6) is 11.6 Å². The summed E-state index contributed by atoms with van der Waals surface area (Å²) in [5.41, 5.74) is 3.07. The SMILES string of the molecule is Cc1cc(Cl)ccc1S(=O)(=O)Nc1ccc(Oc2nc3ccccc3n3c(C)nnc23)cc1. The Morgan fingerprint density at radius 1 is 0.970 bits per heavy atom. The first-order valence-electron chi connectivity index (χ1n) is 9.99. The van der Waals surface area contributed by atoms with E-state index in [1.807, 2.05) is 35.6 Å². The third kappa shape index (κ3) is 3.96. The van der Waals surface area contributed by atoms with Gasteiger partial charge in [0.2, 0.25) is 5.65 Å². The molecule has 5 aromatic rings. The summed E-state index contributed by atoms with van der Waals surface area (Å²) in [6.45, 7) is 3.56. The topological polar surface area (TPSA) is 98.5 Å². The van der Waals surface area contributed by atoms with Crippen molar-refractivity contribution >= 4 is 44.0 Å². The molecule has 2 heterocycles. The van der Waals surface area contributed by atoms with Gasteiger partial charge in [-0.2, -0.15) is 0 Å². The van der Waals surface area contributed by atoms with Crippen molar-refractivity contribution in [3.8, 4) is 11.6 Å². The maximum absolute atomic E-state index is 12.8. The van der Waals surface area contributed by atoms with Crippen molar-refractivity contribution in [2.45, 2.75) is 18.7 Å². The van der Waals surface area contributed by atoms with Crippen molar-refractivity contribution in [3.05, 3.63) is 83.1 Å². The molecule has 0 aliphatic carbocycles. The predicted molar refractivity (Wildman–Crippen MR) is 127 cm³/mol.